The molecule has 6 atom stereocenters. The molecule has 16 nitrogen and oxygen atoms in total. The van der Waals surface area contributed by atoms with Crippen LogP contribution < -0.4 is 21.7 Å². The lowest BCUT2D eigenvalue weighted by Crippen LogP contribution is -2.60. The van der Waals surface area contributed by atoms with Gasteiger partial charge in [-0.05, 0) is 83.3 Å². The average molecular weight is 832 g/mol. The van der Waals surface area contributed by atoms with Gasteiger partial charge in [0.15, 0.2) is 6.10 Å². The highest BCUT2D eigenvalue weighted by Crippen LogP contribution is 2.32. The summed E-state index contributed by atoms with van der Waals surface area (Å²) in [6.45, 7) is 14.4. The fourth-order valence-electron chi connectivity index (χ4n) is 6.17. The number of rotatable bonds is 23. The Bertz CT molecular complexity index is 1730. The molecule has 17 heteroatoms. The van der Waals surface area contributed by atoms with Crippen LogP contribution in [0, 0.1) is 17.8 Å². The molecule has 0 aliphatic carbocycles. The smallest absolute Gasteiger partial charge is 0.306 e. The summed E-state index contributed by atoms with van der Waals surface area (Å²) in [5.41, 5.74) is 5.46. The van der Waals surface area contributed by atoms with Crippen molar-refractivity contribution >= 4 is 52.6 Å². The number of aliphatic carboxylic acids is 1. The van der Waals surface area contributed by atoms with Crippen LogP contribution in [0.5, 0.6) is 5.75 Å². The van der Waals surface area contributed by atoms with Gasteiger partial charge in [0.05, 0.1) is 17.1 Å². The number of hydrogen-bond donors (Lipinski definition) is 6. The van der Waals surface area contributed by atoms with E-state index >= 15 is 0 Å². The number of carboxylic acid groups (broad SMARTS) is 1. The van der Waals surface area contributed by atoms with E-state index in [1.54, 1.807) is 56.9 Å². The fraction of sp³-hybridized carbons (Fsp3) is 0.634. The van der Waals surface area contributed by atoms with Crippen LogP contribution in [-0.2, 0) is 35.1 Å². The SMILES string of the molecule is CC[C@H](C)[C@H](NC(=O)C(C)(C)N(C)C)C(=O)N(C)C(C[C@@H](OC(C)=O)c1nc(C(=O)N[C@@H](Cc2ccc(O)c(NC(=O)CCCN)c2)CC(C)C(=O)O)cs1)C(C)C. The summed E-state index contributed by atoms with van der Waals surface area (Å²) in [5, 5.41) is 30.4. The Morgan fingerprint density at radius 2 is 1.67 bits per heavy atom. The summed E-state index contributed by atoms with van der Waals surface area (Å²) >= 11 is 1.11. The Kier molecular flexibility index (Phi) is 19.2. The number of nitrogens with two attached hydrogens (primary N) is 1. The topological polar surface area (TPSA) is 234 Å². The molecule has 1 aromatic heterocycles. The van der Waals surface area contributed by atoms with Crippen molar-refractivity contribution < 1.29 is 43.7 Å². The molecule has 0 saturated carbocycles. The highest BCUT2D eigenvalue weighted by atomic mass is 32.1. The highest BCUT2D eigenvalue weighted by Gasteiger charge is 2.39. The van der Waals surface area contributed by atoms with Crippen molar-refractivity contribution in [1.29, 1.82) is 0 Å². The number of hydrogen-bond acceptors (Lipinski definition) is 12. The van der Waals surface area contributed by atoms with E-state index in [1.807, 2.05) is 27.7 Å². The molecule has 0 spiro atoms. The molecule has 2 rings (SSSR count). The molecule has 0 fully saturated rings. The quantitative estimate of drug-likeness (QED) is 0.0679. The van der Waals surface area contributed by atoms with Gasteiger partial charge >= 0.3 is 11.9 Å². The summed E-state index contributed by atoms with van der Waals surface area (Å²) in [4.78, 5) is 85.7. The maximum absolute atomic E-state index is 14.2. The van der Waals surface area contributed by atoms with Crippen LogP contribution >= 0.6 is 11.3 Å². The second-order valence-corrected chi connectivity index (χ2v) is 17.0. The maximum atomic E-state index is 14.2. The Morgan fingerprint density at radius 1 is 1.02 bits per heavy atom. The van der Waals surface area contributed by atoms with E-state index in [-0.39, 0.29) is 72.4 Å². The van der Waals surface area contributed by atoms with Crippen LogP contribution in [0.15, 0.2) is 23.6 Å². The minimum atomic E-state index is -1.05. The molecule has 1 heterocycles. The number of anilines is 1. The molecule has 1 aromatic carbocycles. The van der Waals surface area contributed by atoms with Gasteiger partial charge in [0.25, 0.3) is 5.91 Å². The van der Waals surface area contributed by atoms with Gasteiger partial charge in [0.1, 0.15) is 22.5 Å². The summed E-state index contributed by atoms with van der Waals surface area (Å²) in [6.07, 6.45) is 0.747. The molecule has 58 heavy (non-hydrogen) atoms. The van der Waals surface area contributed by atoms with Gasteiger partial charge in [-0.25, -0.2) is 4.98 Å². The molecule has 324 valence electrons. The number of carboxylic acids is 1. The van der Waals surface area contributed by atoms with Gasteiger partial charge in [-0.3, -0.25) is 33.7 Å². The molecule has 7 N–H and O–H groups in total. The molecule has 0 aliphatic rings. The van der Waals surface area contributed by atoms with E-state index in [4.69, 9.17) is 10.5 Å². The number of esters is 1. The normalized spacial score (nSPS) is 14.8. The predicted molar refractivity (Wildman–Crippen MR) is 223 cm³/mol. The molecule has 0 radical (unpaired) electrons. The number of phenolic OH excluding ortho intramolecular Hbond substituents is 1. The van der Waals surface area contributed by atoms with Crippen LogP contribution in [0.25, 0.3) is 0 Å². The second kappa shape index (κ2) is 22.5. The van der Waals surface area contributed by atoms with Crippen LogP contribution in [0.1, 0.15) is 115 Å². The number of benzene rings is 1. The summed E-state index contributed by atoms with van der Waals surface area (Å²) < 4.78 is 5.76. The number of nitrogens with one attached hydrogen (secondary N) is 3. The lowest BCUT2D eigenvalue weighted by molar-refractivity contribution is -0.149. The number of ether oxygens (including phenoxy) is 1. The zero-order valence-corrected chi connectivity index (χ0v) is 36.7. The lowest BCUT2D eigenvalue weighted by Gasteiger charge is -2.38. The average Bonchev–Trinajstić information content (AvgIpc) is 3.65. The van der Waals surface area contributed by atoms with E-state index in [0.29, 0.717) is 30.0 Å². The zero-order chi connectivity index (χ0) is 44.1. The minimum Gasteiger partial charge on any atom is -0.506 e. The zero-order valence-electron chi connectivity index (χ0n) is 35.9. The minimum absolute atomic E-state index is 0.0253. The van der Waals surface area contributed by atoms with E-state index < -0.39 is 53.5 Å². The molecule has 2 unspecified atom stereocenters. The van der Waals surface area contributed by atoms with Crippen molar-refractivity contribution in [2.75, 3.05) is 33.0 Å². The molecule has 0 aliphatic heterocycles. The maximum Gasteiger partial charge on any atom is 0.306 e. The lowest BCUT2D eigenvalue weighted by atomic mass is 9.92. The Morgan fingerprint density at radius 3 is 2.22 bits per heavy atom. The summed E-state index contributed by atoms with van der Waals surface area (Å²) in [6, 6.07) is 2.64. The van der Waals surface area contributed by atoms with Crippen molar-refractivity contribution in [3.63, 3.8) is 0 Å². The van der Waals surface area contributed by atoms with Crippen molar-refractivity contribution in [3.8, 4) is 5.75 Å². The number of carbonyl (C=O) groups excluding carboxylic acids is 5. The van der Waals surface area contributed by atoms with E-state index in [9.17, 15) is 39.0 Å². The van der Waals surface area contributed by atoms with Crippen molar-refractivity contribution in [3.05, 3.63) is 39.8 Å². The van der Waals surface area contributed by atoms with Crippen molar-refractivity contribution in [2.24, 2.45) is 23.5 Å². The molecule has 2 aromatic rings. The van der Waals surface area contributed by atoms with Crippen LogP contribution in [-0.4, -0.2) is 112 Å². The van der Waals surface area contributed by atoms with E-state index in [2.05, 4.69) is 20.9 Å². The third-order valence-corrected chi connectivity index (χ3v) is 11.6. The first-order valence-electron chi connectivity index (χ1n) is 19.8. The molecule has 0 bridgehead atoms. The second-order valence-electron chi connectivity index (χ2n) is 16.1. The van der Waals surface area contributed by atoms with Gasteiger partial charge in [0.2, 0.25) is 17.7 Å². The molecule has 4 amide bonds. The highest BCUT2D eigenvalue weighted by molar-refractivity contribution is 7.09. The van der Waals surface area contributed by atoms with Gasteiger partial charge in [-0.2, -0.15) is 0 Å². The third kappa shape index (κ3) is 14.3. The number of amides is 4. The molecular weight excluding hydrogens is 767 g/mol. The van der Waals surface area contributed by atoms with Gasteiger partial charge < -0.3 is 41.5 Å². The fourth-order valence-corrected chi connectivity index (χ4v) is 7.01. The standard InChI is InChI=1S/C41H65N7O9S/c1-12-24(4)35(46-40(56)41(7,8)47(9)10)38(53)48(11)31(23(2)3)21-33(57-26(6)49)37-45-30(22-58-37)36(52)43-28(18-25(5)39(54)55)19-27-15-16-32(50)29(20-27)44-34(51)14-13-17-42/h15-16,20,22-25,28,31,33,35,50H,12-14,17-19,21,42H2,1-11H3,(H,43,52)(H,44,51)(H,46,56)(H,54,55)/t24-,25?,28+,31?,33+,35-/m0/s1. The van der Waals surface area contributed by atoms with Gasteiger partial charge in [-0.15, -0.1) is 11.3 Å². The number of aromatic hydroxyl groups is 1. The molecule has 0 saturated heterocycles. The predicted octanol–water partition coefficient (Wildman–Crippen LogP) is 4.33. The first kappa shape index (κ1) is 49.5. The van der Waals surface area contributed by atoms with Crippen LogP contribution in [0.2, 0.25) is 0 Å². The Balaban J connectivity index is 2.38. The largest absolute Gasteiger partial charge is 0.506 e. The van der Waals surface area contributed by atoms with Crippen molar-refractivity contribution in [2.45, 2.75) is 124 Å². The van der Waals surface area contributed by atoms with Crippen LogP contribution in [0.3, 0.4) is 0 Å². The number of aromatic nitrogens is 1. The van der Waals surface area contributed by atoms with E-state index in [1.165, 1.54) is 25.3 Å². The van der Waals surface area contributed by atoms with Crippen LogP contribution in [0.4, 0.5) is 5.69 Å². The number of likely N-dealkylation sites (N-methyl/N-ethyl adjacent to an activating group) is 2. The summed E-state index contributed by atoms with van der Waals surface area (Å²) in [5.74, 6) is -4.36. The first-order valence-corrected chi connectivity index (χ1v) is 20.6. The number of carbonyl (C=O) groups is 6. The first-order chi connectivity index (χ1) is 27.0. The van der Waals surface area contributed by atoms with Gasteiger partial charge in [-0.1, -0.05) is 47.1 Å². The monoisotopic (exact) mass is 831 g/mol. The third-order valence-electron chi connectivity index (χ3n) is 10.7. The number of nitrogens with zero attached hydrogens (tertiary/aromatic N) is 3. The van der Waals surface area contributed by atoms with E-state index in [0.717, 1.165) is 11.3 Å². The van der Waals surface area contributed by atoms with Crippen molar-refractivity contribution in [1.82, 2.24) is 25.4 Å². The molecular formula is C41H65N7O9S. The number of thiazole rings is 1. The number of phenols is 1. The summed E-state index contributed by atoms with van der Waals surface area (Å²) in [7, 11) is 5.26. The van der Waals surface area contributed by atoms with Gasteiger partial charge in [0, 0.05) is 44.3 Å². The Labute approximate surface area is 346 Å². The Hall–Kier alpha value is -4.61.